The van der Waals surface area contributed by atoms with Crippen LogP contribution in [0.3, 0.4) is 0 Å². The number of esters is 1. The van der Waals surface area contributed by atoms with Gasteiger partial charge in [0.1, 0.15) is 18.2 Å². The van der Waals surface area contributed by atoms with Gasteiger partial charge >= 0.3 is 12.0 Å². The Labute approximate surface area is 186 Å². The summed E-state index contributed by atoms with van der Waals surface area (Å²) in [4.78, 5) is 36.0. The Morgan fingerprint density at radius 1 is 1.22 bits per heavy atom. The molecule has 10 heteroatoms. The fourth-order valence-corrected chi connectivity index (χ4v) is 3.64. The second kappa shape index (κ2) is 10.1. The summed E-state index contributed by atoms with van der Waals surface area (Å²) >= 11 is 0. The highest BCUT2D eigenvalue weighted by molar-refractivity contribution is 5.94. The minimum absolute atomic E-state index is 0.0393. The Hall–Kier alpha value is -3.69. The number of ether oxygens (including phenoxy) is 2. The first-order chi connectivity index (χ1) is 15.3. The molecule has 0 radical (unpaired) electrons. The number of aromatic nitrogens is 2. The summed E-state index contributed by atoms with van der Waals surface area (Å²) in [6.07, 6.45) is 3.97. The van der Waals surface area contributed by atoms with E-state index in [9.17, 15) is 9.59 Å². The number of amides is 2. The molecule has 170 valence electrons. The van der Waals surface area contributed by atoms with Gasteiger partial charge in [-0.25, -0.2) is 14.8 Å². The fraction of sp³-hybridized carbons (Fsp3) is 0.409. The standard InChI is InChI=1S/C22H28N6O4/c1-27(2)22(30)28-12-14(9-19(29)31-3)8-17(28)13-32-18-6-4-15(5-7-18)21-25-10-16(11-26-21)20(23)24/h4-7,10-11,14,17H,8-9,12-13H2,1-3H3,(H3,23,24)/t14-,17-/m0/s1. The number of hydrogen-bond acceptors (Lipinski definition) is 7. The SMILES string of the molecule is COC(=O)C[C@@H]1C[C@@H](COc2ccc(-c3ncc(C(=N)N)cn3)cc2)N(C(=O)N(C)C)C1. The topological polar surface area (TPSA) is 135 Å². The van der Waals surface area contributed by atoms with Crippen molar-refractivity contribution >= 4 is 17.8 Å². The number of nitrogens with two attached hydrogens (primary N) is 1. The number of carbonyl (C=O) groups excluding carboxylic acids is 2. The number of urea groups is 1. The molecule has 1 aliphatic heterocycles. The molecule has 2 aromatic rings. The van der Waals surface area contributed by atoms with Gasteiger partial charge in [-0.1, -0.05) is 0 Å². The van der Waals surface area contributed by atoms with Crippen LogP contribution in [0.25, 0.3) is 11.4 Å². The van der Waals surface area contributed by atoms with Crippen LogP contribution in [-0.4, -0.2) is 78.0 Å². The molecule has 1 aromatic carbocycles. The highest BCUT2D eigenvalue weighted by Gasteiger charge is 2.37. The summed E-state index contributed by atoms with van der Waals surface area (Å²) in [5.74, 6) is 0.858. The van der Waals surface area contributed by atoms with Crippen LogP contribution in [0.1, 0.15) is 18.4 Å². The van der Waals surface area contributed by atoms with Crippen LogP contribution in [0, 0.1) is 11.3 Å². The Morgan fingerprint density at radius 3 is 2.44 bits per heavy atom. The molecule has 2 atom stereocenters. The van der Waals surface area contributed by atoms with Crippen LogP contribution in [-0.2, 0) is 9.53 Å². The molecular formula is C22H28N6O4. The lowest BCUT2D eigenvalue weighted by Gasteiger charge is -2.27. The highest BCUT2D eigenvalue weighted by atomic mass is 16.5. The van der Waals surface area contributed by atoms with Crippen LogP contribution < -0.4 is 10.5 Å². The third kappa shape index (κ3) is 5.51. The third-order valence-electron chi connectivity index (χ3n) is 5.33. The molecule has 1 fully saturated rings. The minimum Gasteiger partial charge on any atom is -0.491 e. The lowest BCUT2D eigenvalue weighted by atomic mass is 10.0. The van der Waals surface area contributed by atoms with Crippen molar-refractivity contribution in [1.29, 1.82) is 5.41 Å². The summed E-state index contributed by atoms with van der Waals surface area (Å²) in [5.41, 5.74) is 6.70. The summed E-state index contributed by atoms with van der Waals surface area (Å²) in [5, 5.41) is 7.41. The van der Waals surface area contributed by atoms with Crippen molar-refractivity contribution in [2.24, 2.45) is 11.7 Å². The van der Waals surface area contributed by atoms with Gasteiger partial charge < -0.3 is 25.0 Å². The van der Waals surface area contributed by atoms with Crippen molar-refractivity contribution in [1.82, 2.24) is 19.8 Å². The van der Waals surface area contributed by atoms with E-state index >= 15 is 0 Å². The number of nitrogens with one attached hydrogen (secondary N) is 1. The summed E-state index contributed by atoms with van der Waals surface area (Å²) in [6, 6.07) is 7.08. The number of amidine groups is 1. The molecule has 2 heterocycles. The van der Waals surface area contributed by atoms with Crippen molar-refractivity contribution in [3.8, 4) is 17.1 Å². The normalized spacial score (nSPS) is 17.7. The van der Waals surface area contributed by atoms with Gasteiger partial charge in [0.2, 0.25) is 0 Å². The van der Waals surface area contributed by atoms with Crippen molar-refractivity contribution < 1.29 is 19.1 Å². The Kier molecular flexibility index (Phi) is 7.24. The van der Waals surface area contributed by atoms with E-state index < -0.39 is 0 Å². The smallest absolute Gasteiger partial charge is 0.319 e. The molecule has 10 nitrogen and oxygen atoms in total. The number of likely N-dealkylation sites (tertiary alicyclic amines) is 1. The van der Waals surface area contributed by atoms with Crippen molar-refractivity contribution in [3.05, 3.63) is 42.2 Å². The van der Waals surface area contributed by atoms with Crippen molar-refractivity contribution in [3.63, 3.8) is 0 Å². The van der Waals surface area contributed by atoms with Gasteiger partial charge in [0.05, 0.1) is 25.1 Å². The Morgan fingerprint density at radius 2 is 1.88 bits per heavy atom. The quantitative estimate of drug-likeness (QED) is 0.380. The Balaban J connectivity index is 1.64. The lowest BCUT2D eigenvalue weighted by Crippen LogP contribution is -2.44. The van der Waals surface area contributed by atoms with E-state index in [-0.39, 0.29) is 36.2 Å². The van der Waals surface area contributed by atoms with Gasteiger partial charge in [-0.05, 0) is 36.6 Å². The maximum atomic E-state index is 12.6. The predicted molar refractivity (Wildman–Crippen MR) is 118 cm³/mol. The van der Waals surface area contributed by atoms with Crippen LogP contribution in [0.5, 0.6) is 5.75 Å². The summed E-state index contributed by atoms with van der Waals surface area (Å²) in [7, 11) is 4.78. The molecule has 0 aliphatic carbocycles. The number of rotatable bonds is 7. The molecule has 3 N–H and O–H groups in total. The van der Waals surface area contributed by atoms with Crippen LogP contribution in [0.4, 0.5) is 4.79 Å². The first-order valence-corrected chi connectivity index (χ1v) is 10.2. The third-order valence-corrected chi connectivity index (χ3v) is 5.33. The minimum atomic E-state index is -0.275. The molecule has 3 rings (SSSR count). The highest BCUT2D eigenvalue weighted by Crippen LogP contribution is 2.28. The molecule has 2 amide bonds. The van der Waals surface area contributed by atoms with E-state index in [0.717, 1.165) is 5.56 Å². The maximum Gasteiger partial charge on any atom is 0.319 e. The molecule has 1 aliphatic rings. The van der Waals surface area contributed by atoms with E-state index in [2.05, 4.69) is 9.97 Å². The van der Waals surface area contributed by atoms with E-state index in [0.29, 0.717) is 36.7 Å². The molecule has 1 aromatic heterocycles. The number of nitrogen functional groups attached to an aromatic ring is 1. The van der Waals surface area contributed by atoms with Gasteiger partial charge in [-0.15, -0.1) is 0 Å². The number of benzene rings is 1. The molecule has 0 bridgehead atoms. The average Bonchev–Trinajstić information content (AvgIpc) is 3.19. The van der Waals surface area contributed by atoms with E-state index in [4.69, 9.17) is 20.6 Å². The maximum absolute atomic E-state index is 12.6. The summed E-state index contributed by atoms with van der Waals surface area (Å²) in [6.45, 7) is 0.813. The largest absolute Gasteiger partial charge is 0.491 e. The monoisotopic (exact) mass is 440 g/mol. The Bertz CT molecular complexity index is 961. The second-order valence-electron chi connectivity index (χ2n) is 7.91. The van der Waals surface area contributed by atoms with Gasteiger partial charge in [-0.3, -0.25) is 10.2 Å². The molecule has 0 unspecified atom stereocenters. The second-order valence-corrected chi connectivity index (χ2v) is 7.91. The number of nitrogens with zero attached hydrogens (tertiary/aromatic N) is 4. The lowest BCUT2D eigenvalue weighted by molar-refractivity contribution is -0.141. The van der Waals surface area contributed by atoms with Crippen molar-refractivity contribution in [2.45, 2.75) is 18.9 Å². The molecule has 0 saturated carbocycles. The van der Waals surface area contributed by atoms with Crippen LogP contribution in [0.2, 0.25) is 0 Å². The fourth-order valence-electron chi connectivity index (χ4n) is 3.64. The zero-order valence-electron chi connectivity index (χ0n) is 18.4. The van der Waals surface area contributed by atoms with Gasteiger partial charge in [0.25, 0.3) is 0 Å². The first kappa shape index (κ1) is 23.0. The van der Waals surface area contributed by atoms with E-state index in [1.54, 1.807) is 19.0 Å². The number of methoxy groups -OCH3 is 1. The zero-order valence-corrected chi connectivity index (χ0v) is 18.4. The molecule has 0 spiro atoms. The zero-order chi connectivity index (χ0) is 23.3. The van der Waals surface area contributed by atoms with Gasteiger partial charge in [-0.2, -0.15) is 0 Å². The van der Waals surface area contributed by atoms with E-state index in [1.807, 2.05) is 24.3 Å². The van der Waals surface area contributed by atoms with Crippen molar-refractivity contribution in [2.75, 3.05) is 34.4 Å². The first-order valence-electron chi connectivity index (χ1n) is 10.2. The molecule has 32 heavy (non-hydrogen) atoms. The van der Waals surface area contributed by atoms with Gasteiger partial charge in [0.15, 0.2) is 5.82 Å². The molecule has 1 saturated heterocycles. The number of carbonyl (C=O) groups is 2. The van der Waals surface area contributed by atoms with E-state index in [1.165, 1.54) is 24.4 Å². The molecular weight excluding hydrogens is 412 g/mol. The van der Waals surface area contributed by atoms with Crippen LogP contribution in [0.15, 0.2) is 36.7 Å². The van der Waals surface area contributed by atoms with Crippen LogP contribution >= 0.6 is 0 Å². The number of hydrogen-bond donors (Lipinski definition) is 2. The predicted octanol–water partition coefficient (Wildman–Crippen LogP) is 1.74. The average molecular weight is 441 g/mol. The van der Waals surface area contributed by atoms with Gasteiger partial charge in [0, 0.05) is 38.6 Å². The summed E-state index contributed by atoms with van der Waals surface area (Å²) < 4.78 is 10.7.